The summed E-state index contributed by atoms with van der Waals surface area (Å²) in [5.74, 6) is 0. The van der Waals surface area contributed by atoms with Crippen molar-refractivity contribution in [3.8, 4) is 0 Å². The van der Waals surface area contributed by atoms with Gasteiger partial charge in [0.25, 0.3) is 0 Å². The lowest BCUT2D eigenvalue weighted by Gasteiger charge is -2.32. The van der Waals surface area contributed by atoms with E-state index in [0.717, 1.165) is 13.1 Å². The molecule has 17 heavy (non-hydrogen) atoms. The number of hydrogen-bond acceptors (Lipinski definition) is 4. The summed E-state index contributed by atoms with van der Waals surface area (Å²) < 4.78 is 4.92. The largest absolute Gasteiger partial charge is 0.389 e. The first-order valence-electron chi connectivity index (χ1n) is 6.36. The number of aliphatic hydroxyl groups excluding tert-OH is 1. The first-order valence-corrected chi connectivity index (χ1v) is 6.36. The van der Waals surface area contributed by atoms with Crippen molar-refractivity contribution in [3.63, 3.8) is 0 Å². The van der Waals surface area contributed by atoms with Crippen molar-refractivity contribution in [2.75, 3.05) is 40.4 Å². The molecule has 2 N–H and O–H groups in total. The van der Waals surface area contributed by atoms with Crippen LogP contribution in [0.4, 0.5) is 0 Å². The van der Waals surface area contributed by atoms with Gasteiger partial charge in [-0.25, -0.2) is 0 Å². The predicted molar refractivity (Wildman–Crippen MR) is 72.3 cm³/mol. The fraction of sp³-hybridized carbons (Fsp3) is 1.00. The highest BCUT2D eigenvalue weighted by atomic mass is 16.5. The van der Waals surface area contributed by atoms with Crippen LogP contribution in [0.15, 0.2) is 0 Å². The fourth-order valence-electron chi connectivity index (χ4n) is 1.94. The lowest BCUT2D eigenvalue weighted by molar-refractivity contribution is 0.0359. The molecule has 0 aromatic heterocycles. The van der Waals surface area contributed by atoms with Crippen molar-refractivity contribution in [1.82, 2.24) is 10.2 Å². The number of likely N-dealkylation sites (N-methyl/N-ethyl adjacent to an activating group) is 1. The summed E-state index contributed by atoms with van der Waals surface area (Å²) in [6.45, 7) is 11.8. The van der Waals surface area contributed by atoms with Crippen LogP contribution in [0.3, 0.4) is 0 Å². The average molecular weight is 246 g/mol. The normalized spacial score (nSPS) is 14.6. The quantitative estimate of drug-likeness (QED) is 0.636. The average Bonchev–Trinajstić information content (AvgIpc) is 2.14. The van der Waals surface area contributed by atoms with Crippen molar-refractivity contribution in [1.29, 1.82) is 0 Å². The number of aliphatic hydroxyl groups is 1. The van der Waals surface area contributed by atoms with Gasteiger partial charge in [-0.15, -0.1) is 0 Å². The standard InChI is InChI=1S/C13H30N2O2/c1-11(2)14-9-13(3,4)10-15(5)7-12(16)8-17-6/h11-12,14,16H,7-10H2,1-6H3. The Balaban J connectivity index is 3.95. The summed E-state index contributed by atoms with van der Waals surface area (Å²) in [6, 6.07) is 0.513. The molecule has 0 aromatic rings. The van der Waals surface area contributed by atoms with Crippen molar-refractivity contribution >= 4 is 0 Å². The van der Waals surface area contributed by atoms with Crippen molar-refractivity contribution in [3.05, 3.63) is 0 Å². The van der Waals surface area contributed by atoms with Crippen molar-refractivity contribution in [2.45, 2.75) is 39.8 Å². The Morgan fingerprint density at radius 2 is 1.94 bits per heavy atom. The molecule has 4 heteroatoms. The zero-order valence-corrected chi connectivity index (χ0v) is 12.3. The molecule has 0 spiro atoms. The van der Waals surface area contributed by atoms with E-state index in [1.54, 1.807) is 7.11 Å². The van der Waals surface area contributed by atoms with E-state index in [9.17, 15) is 5.11 Å². The minimum Gasteiger partial charge on any atom is -0.389 e. The van der Waals surface area contributed by atoms with Gasteiger partial charge in [0.2, 0.25) is 0 Å². The second-order valence-corrected chi connectivity index (χ2v) is 6.01. The van der Waals surface area contributed by atoms with Crippen molar-refractivity contribution in [2.24, 2.45) is 5.41 Å². The topological polar surface area (TPSA) is 44.7 Å². The monoisotopic (exact) mass is 246 g/mol. The van der Waals surface area contributed by atoms with E-state index in [0.29, 0.717) is 19.2 Å². The molecule has 4 nitrogen and oxygen atoms in total. The molecule has 0 heterocycles. The minimum atomic E-state index is -0.404. The lowest BCUT2D eigenvalue weighted by atomic mass is 9.92. The minimum absolute atomic E-state index is 0.200. The van der Waals surface area contributed by atoms with E-state index < -0.39 is 6.10 Å². The first-order chi connectivity index (χ1) is 7.76. The number of rotatable bonds is 9. The lowest BCUT2D eigenvalue weighted by Crippen LogP contribution is -2.43. The number of methoxy groups -OCH3 is 1. The molecular weight excluding hydrogens is 216 g/mol. The number of ether oxygens (including phenoxy) is 1. The molecule has 0 aromatic carbocycles. The van der Waals surface area contributed by atoms with E-state index in [2.05, 4.69) is 37.9 Å². The molecule has 0 aliphatic rings. The molecule has 104 valence electrons. The van der Waals surface area contributed by atoms with Gasteiger partial charge in [-0.3, -0.25) is 0 Å². The smallest absolute Gasteiger partial charge is 0.0899 e. The molecule has 0 rings (SSSR count). The maximum atomic E-state index is 9.65. The zero-order chi connectivity index (χ0) is 13.5. The third-order valence-corrected chi connectivity index (χ3v) is 2.57. The maximum absolute atomic E-state index is 9.65. The van der Waals surface area contributed by atoms with Gasteiger partial charge in [-0.2, -0.15) is 0 Å². The summed E-state index contributed by atoms with van der Waals surface area (Å²) >= 11 is 0. The van der Waals surface area contributed by atoms with Gasteiger partial charge in [-0.05, 0) is 12.5 Å². The van der Waals surface area contributed by atoms with Gasteiger partial charge in [0, 0.05) is 32.8 Å². The van der Waals surface area contributed by atoms with Crippen LogP contribution in [0.2, 0.25) is 0 Å². The molecule has 0 fully saturated rings. The highest BCUT2D eigenvalue weighted by Crippen LogP contribution is 2.15. The predicted octanol–water partition coefficient (Wildman–Crippen LogP) is 0.950. The van der Waals surface area contributed by atoms with Gasteiger partial charge in [0.15, 0.2) is 0 Å². The van der Waals surface area contributed by atoms with Gasteiger partial charge < -0.3 is 20.1 Å². The third-order valence-electron chi connectivity index (χ3n) is 2.57. The van der Waals surface area contributed by atoms with Crippen LogP contribution in [-0.2, 0) is 4.74 Å². The second-order valence-electron chi connectivity index (χ2n) is 6.01. The summed E-state index contributed by atoms with van der Waals surface area (Å²) in [7, 11) is 3.65. The van der Waals surface area contributed by atoms with Crippen LogP contribution in [0.5, 0.6) is 0 Å². The molecule has 0 amide bonds. The molecule has 0 aliphatic heterocycles. The second kappa shape index (κ2) is 8.03. The van der Waals surface area contributed by atoms with Gasteiger partial charge in [-0.1, -0.05) is 27.7 Å². The summed E-state index contributed by atoms with van der Waals surface area (Å²) in [5.41, 5.74) is 0.200. The Morgan fingerprint density at radius 3 is 2.41 bits per heavy atom. The number of nitrogens with zero attached hydrogens (tertiary/aromatic N) is 1. The highest BCUT2D eigenvalue weighted by Gasteiger charge is 2.21. The number of hydrogen-bond donors (Lipinski definition) is 2. The van der Waals surface area contributed by atoms with Crippen LogP contribution >= 0.6 is 0 Å². The molecule has 1 unspecified atom stereocenters. The van der Waals surface area contributed by atoms with E-state index >= 15 is 0 Å². The highest BCUT2D eigenvalue weighted by molar-refractivity contribution is 4.77. The van der Waals surface area contributed by atoms with Crippen LogP contribution in [-0.4, -0.2) is 62.6 Å². The third kappa shape index (κ3) is 9.53. The van der Waals surface area contributed by atoms with Crippen LogP contribution < -0.4 is 5.32 Å². The molecular formula is C13H30N2O2. The molecule has 0 radical (unpaired) electrons. The van der Waals surface area contributed by atoms with E-state index in [1.165, 1.54) is 0 Å². The summed E-state index contributed by atoms with van der Waals surface area (Å²) in [4.78, 5) is 2.16. The first kappa shape index (κ1) is 16.8. The SMILES string of the molecule is COCC(O)CN(C)CC(C)(C)CNC(C)C. The summed E-state index contributed by atoms with van der Waals surface area (Å²) in [6.07, 6.45) is -0.404. The molecule has 0 saturated carbocycles. The van der Waals surface area contributed by atoms with E-state index in [-0.39, 0.29) is 5.41 Å². The van der Waals surface area contributed by atoms with Crippen LogP contribution in [0.1, 0.15) is 27.7 Å². The molecule has 0 aliphatic carbocycles. The number of nitrogens with one attached hydrogen (secondary N) is 1. The fourth-order valence-corrected chi connectivity index (χ4v) is 1.94. The van der Waals surface area contributed by atoms with Gasteiger partial charge in [0.05, 0.1) is 12.7 Å². The van der Waals surface area contributed by atoms with Crippen LogP contribution in [0.25, 0.3) is 0 Å². The molecule has 1 atom stereocenters. The van der Waals surface area contributed by atoms with Gasteiger partial charge in [0.1, 0.15) is 0 Å². The summed E-state index contributed by atoms with van der Waals surface area (Å²) in [5, 5.41) is 13.1. The molecule has 0 bridgehead atoms. The Labute approximate surface area is 106 Å². The van der Waals surface area contributed by atoms with Crippen LogP contribution in [0, 0.1) is 5.41 Å². The van der Waals surface area contributed by atoms with Crippen molar-refractivity contribution < 1.29 is 9.84 Å². The Kier molecular flexibility index (Phi) is 7.96. The Bertz CT molecular complexity index is 196. The van der Waals surface area contributed by atoms with Gasteiger partial charge >= 0.3 is 0 Å². The van der Waals surface area contributed by atoms with E-state index in [1.807, 2.05) is 7.05 Å². The Hall–Kier alpha value is -0.160. The zero-order valence-electron chi connectivity index (χ0n) is 12.3. The molecule has 0 saturated heterocycles. The maximum Gasteiger partial charge on any atom is 0.0899 e. The van der Waals surface area contributed by atoms with E-state index in [4.69, 9.17) is 4.74 Å². The Morgan fingerprint density at radius 1 is 1.35 bits per heavy atom.